The van der Waals surface area contributed by atoms with Crippen LogP contribution in [0.2, 0.25) is 0 Å². The van der Waals surface area contributed by atoms with E-state index >= 15 is 0 Å². The number of aryl methyl sites for hydroxylation is 1. The normalized spacial score (nSPS) is 14.3. The van der Waals surface area contributed by atoms with Gasteiger partial charge in [-0.2, -0.15) is 11.8 Å². The van der Waals surface area contributed by atoms with Crippen LogP contribution in [0, 0.1) is 6.92 Å². The smallest absolute Gasteiger partial charge is 0.118 e. The summed E-state index contributed by atoms with van der Waals surface area (Å²) in [6.45, 7) is 2.01. The summed E-state index contributed by atoms with van der Waals surface area (Å²) in [7, 11) is 0.307. The zero-order valence-corrected chi connectivity index (χ0v) is 17.8. The van der Waals surface area contributed by atoms with Gasteiger partial charge in [-0.05, 0) is 54.6 Å². The lowest BCUT2D eigenvalue weighted by Gasteiger charge is -2.24. The van der Waals surface area contributed by atoms with E-state index in [-0.39, 0.29) is 5.25 Å². The van der Waals surface area contributed by atoms with Crippen LogP contribution in [0.3, 0.4) is 0 Å². The molecule has 0 fully saturated rings. The maximum atomic E-state index is 13.2. The predicted octanol–water partition coefficient (Wildman–Crippen LogP) is 5.31. The van der Waals surface area contributed by atoms with E-state index in [4.69, 9.17) is 4.74 Å². The van der Waals surface area contributed by atoms with Crippen LogP contribution < -0.4 is 4.74 Å². The van der Waals surface area contributed by atoms with Crippen LogP contribution in [0.5, 0.6) is 5.75 Å². The molecule has 3 aromatic carbocycles. The number of aliphatic hydroxyl groups excluding tert-OH is 1. The molecule has 0 amide bonds. The summed E-state index contributed by atoms with van der Waals surface area (Å²) in [6, 6.07) is 22.8. The van der Waals surface area contributed by atoms with Gasteiger partial charge in [0.05, 0.1) is 29.3 Å². The molecule has 0 aliphatic rings. The first-order valence-corrected chi connectivity index (χ1v) is 11.4. The van der Waals surface area contributed by atoms with Crippen molar-refractivity contribution in [3.63, 3.8) is 0 Å². The summed E-state index contributed by atoms with van der Waals surface area (Å²) < 4.78 is 18.4. The molecule has 3 rings (SSSR count). The number of ether oxygens (including phenoxy) is 1. The molecule has 146 valence electrons. The van der Waals surface area contributed by atoms with Crippen molar-refractivity contribution in [1.82, 2.24) is 0 Å². The van der Waals surface area contributed by atoms with Gasteiger partial charge >= 0.3 is 0 Å². The summed E-state index contributed by atoms with van der Waals surface area (Å²) in [5, 5.41) is 10.8. The molecule has 1 unspecified atom stereocenters. The minimum absolute atomic E-state index is 0.237. The number of thioether (sulfide) groups is 1. The second kappa shape index (κ2) is 9.41. The van der Waals surface area contributed by atoms with Crippen molar-refractivity contribution >= 4 is 22.6 Å². The SMILES string of the molecule is COc1ccc(C(O)[C@@H](SC)c2ccccc2[S@@](=O)c2ccc(C)cc2)cc1. The topological polar surface area (TPSA) is 46.5 Å². The Hall–Kier alpha value is -2.08. The summed E-state index contributed by atoms with van der Waals surface area (Å²) in [5.41, 5.74) is 2.82. The molecule has 0 aliphatic heterocycles. The minimum Gasteiger partial charge on any atom is -0.497 e. The van der Waals surface area contributed by atoms with Crippen LogP contribution in [0.4, 0.5) is 0 Å². The first-order valence-electron chi connectivity index (χ1n) is 8.97. The van der Waals surface area contributed by atoms with Gasteiger partial charge in [-0.1, -0.05) is 48.0 Å². The van der Waals surface area contributed by atoms with E-state index in [9.17, 15) is 9.32 Å². The number of benzene rings is 3. The second-order valence-electron chi connectivity index (χ2n) is 6.49. The van der Waals surface area contributed by atoms with E-state index in [1.54, 1.807) is 18.9 Å². The Morgan fingerprint density at radius 2 is 1.61 bits per heavy atom. The number of methoxy groups -OCH3 is 1. The molecule has 3 nitrogen and oxygen atoms in total. The number of aliphatic hydroxyl groups is 1. The van der Waals surface area contributed by atoms with Crippen LogP contribution in [0.1, 0.15) is 28.0 Å². The Balaban J connectivity index is 1.96. The standard InChI is InChI=1S/C23H24O3S2/c1-16-8-14-19(15-9-16)28(25)21-7-5-4-6-20(21)23(27-3)22(24)17-10-12-18(26-2)13-11-17/h4-15,22-24H,1-3H3/t22?,23-,28-/m0/s1. The van der Waals surface area contributed by atoms with Gasteiger partial charge in [0.15, 0.2) is 0 Å². The van der Waals surface area contributed by atoms with Gasteiger partial charge in [-0.15, -0.1) is 0 Å². The highest BCUT2D eigenvalue weighted by Crippen LogP contribution is 2.41. The summed E-state index contributed by atoms with van der Waals surface area (Å²) in [4.78, 5) is 1.50. The lowest BCUT2D eigenvalue weighted by molar-refractivity contribution is 0.174. The van der Waals surface area contributed by atoms with Crippen molar-refractivity contribution in [2.24, 2.45) is 0 Å². The Kier molecular flexibility index (Phi) is 6.94. The van der Waals surface area contributed by atoms with Gasteiger partial charge < -0.3 is 9.84 Å². The van der Waals surface area contributed by atoms with Crippen molar-refractivity contribution < 1.29 is 14.1 Å². The van der Waals surface area contributed by atoms with Gasteiger partial charge in [-0.25, -0.2) is 4.21 Å². The fourth-order valence-corrected chi connectivity index (χ4v) is 5.27. The fourth-order valence-electron chi connectivity index (χ4n) is 3.08. The summed E-state index contributed by atoms with van der Waals surface area (Å²) >= 11 is 1.55. The highest BCUT2D eigenvalue weighted by atomic mass is 32.2. The molecule has 0 saturated heterocycles. The fraction of sp³-hybridized carbons (Fsp3) is 0.217. The number of hydrogen-bond donors (Lipinski definition) is 1. The van der Waals surface area contributed by atoms with Gasteiger partial charge in [0.2, 0.25) is 0 Å². The van der Waals surface area contributed by atoms with Crippen LogP contribution in [0.15, 0.2) is 82.6 Å². The van der Waals surface area contributed by atoms with Gasteiger partial charge in [0.25, 0.3) is 0 Å². The van der Waals surface area contributed by atoms with E-state index < -0.39 is 16.9 Å². The Bertz CT molecular complexity index is 937. The van der Waals surface area contributed by atoms with Crippen molar-refractivity contribution in [3.05, 3.63) is 89.5 Å². The average Bonchev–Trinajstić information content (AvgIpc) is 2.74. The molecule has 0 heterocycles. The van der Waals surface area contributed by atoms with E-state index in [1.807, 2.05) is 86.0 Å². The summed E-state index contributed by atoms with van der Waals surface area (Å²) in [5.74, 6) is 0.748. The lowest BCUT2D eigenvalue weighted by atomic mass is 10.0. The minimum atomic E-state index is -1.31. The van der Waals surface area contributed by atoms with E-state index in [0.717, 1.165) is 32.2 Å². The van der Waals surface area contributed by atoms with Crippen molar-refractivity contribution in [3.8, 4) is 5.75 Å². The first-order chi connectivity index (χ1) is 13.5. The first kappa shape index (κ1) is 20.6. The largest absolute Gasteiger partial charge is 0.497 e. The molecule has 28 heavy (non-hydrogen) atoms. The van der Waals surface area contributed by atoms with E-state index in [2.05, 4.69) is 0 Å². The molecular weight excluding hydrogens is 388 g/mol. The third kappa shape index (κ3) is 4.49. The molecule has 0 saturated carbocycles. The van der Waals surface area contributed by atoms with Gasteiger partial charge in [0, 0.05) is 9.79 Å². The van der Waals surface area contributed by atoms with Crippen LogP contribution in [0.25, 0.3) is 0 Å². The second-order valence-corrected chi connectivity index (χ2v) is 8.92. The third-order valence-electron chi connectivity index (χ3n) is 4.66. The maximum Gasteiger partial charge on any atom is 0.118 e. The predicted molar refractivity (Wildman–Crippen MR) is 117 cm³/mol. The number of rotatable bonds is 7. The zero-order valence-electron chi connectivity index (χ0n) is 16.2. The van der Waals surface area contributed by atoms with Gasteiger partial charge in [-0.3, -0.25) is 0 Å². The quantitative estimate of drug-likeness (QED) is 0.571. The molecule has 5 heteroatoms. The molecule has 0 radical (unpaired) electrons. The van der Waals surface area contributed by atoms with Crippen molar-refractivity contribution in [2.45, 2.75) is 28.1 Å². The van der Waals surface area contributed by atoms with Crippen LogP contribution in [-0.2, 0) is 10.8 Å². The molecule has 0 aliphatic carbocycles. The lowest BCUT2D eigenvalue weighted by Crippen LogP contribution is -2.11. The Labute approximate surface area is 173 Å². The van der Waals surface area contributed by atoms with Crippen LogP contribution >= 0.6 is 11.8 Å². The van der Waals surface area contributed by atoms with Crippen molar-refractivity contribution in [2.75, 3.05) is 13.4 Å². The highest BCUT2D eigenvalue weighted by Gasteiger charge is 2.26. The molecule has 3 atom stereocenters. The average molecular weight is 413 g/mol. The monoisotopic (exact) mass is 412 g/mol. The van der Waals surface area contributed by atoms with E-state index in [0.29, 0.717) is 0 Å². The molecule has 0 aromatic heterocycles. The number of hydrogen-bond acceptors (Lipinski definition) is 4. The van der Waals surface area contributed by atoms with Gasteiger partial charge in [0.1, 0.15) is 5.75 Å². The molecule has 0 spiro atoms. The third-order valence-corrected chi connectivity index (χ3v) is 7.15. The zero-order chi connectivity index (χ0) is 20.1. The van der Waals surface area contributed by atoms with Crippen LogP contribution in [-0.4, -0.2) is 22.7 Å². The Morgan fingerprint density at radius 3 is 2.21 bits per heavy atom. The maximum absolute atomic E-state index is 13.2. The Morgan fingerprint density at radius 1 is 0.964 bits per heavy atom. The van der Waals surface area contributed by atoms with Crippen molar-refractivity contribution in [1.29, 1.82) is 0 Å². The highest BCUT2D eigenvalue weighted by molar-refractivity contribution is 7.98. The molecule has 0 bridgehead atoms. The molecule has 1 N–H and O–H groups in total. The molecular formula is C23H24O3S2. The molecule has 3 aromatic rings. The van der Waals surface area contributed by atoms with E-state index in [1.165, 1.54) is 0 Å². The summed E-state index contributed by atoms with van der Waals surface area (Å²) in [6.07, 6.45) is 1.24.